The number of rotatable bonds is 4. The number of aromatic nitrogens is 1. The largest absolute Gasteiger partial charge is 0.310 e. The summed E-state index contributed by atoms with van der Waals surface area (Å²) in [5.74, 6) is 0.467. The number of nitrogens with zero attached hydrogens (tertiary/aromatic N) is 1. The van der Waals surface area contributed by atoms with Gasteiger partial charge in [-0.05, 0) is 36.6 Å². The summed E-state index contributed by atoms with van der Waals surface area (Å²) < 4.78 is 0. The molecule has 2 aromatic rings. The molecule has 2 rings (SSSR count). The number of hydrogen-bond donors (Lipinski definition) is 1. The van der Waals surface area contributed by atoms with Crippen molar-refractivity contribution >= 4 is 11.7 Å². The van der Waals surface area contributed by atoms with Gasteiger partial charge < -0.3 is 5.32 Å². The van der Waals surface area contributed by atoms with Gasteiger partial charge in [-0.15, -0.1) is 0 Å². The highest BCUT2D eigenvalue weighted by Crippen LogP contribution is 2.21. The highest BCUT2D eigenvalue weighted by Gasteiger charge is 2.18. The molecule has 3 nitrogen and oxygen atoms in total. The quantitative estimate of drug-likeness (QED) is 0.907. The van der Waals surface area contributed by atoms with Crippen molar-refractivity contribution in [3.05, 3.63) is 59.8 Å². The number of amides is 1. The summed E-state index contributed by atoms with van der Waals surface area (Å²) in [4.78, 5) is 16.5. The Hall–Kier alpha value is -2.16. The minimum atomic E-state index is -0.136. The Morgan fingerprint density at radius 3 is 2.63 bits per heavy atom. The zero-order valence-corrected chi connectivity index (χ0v) is 11.3. The SMILES string of the molecule is CC[C@H](C(=O)Nc1cc(C)ccn1)c1ccccc1. The number of aryl methyl sites for hydroxylation is 1. The van der Waals surface area contributed by atoms with Crippen LogP contribution in [-0.4, -0.2) is 10.9 Å². The fourth-order valence-electron chi connectivity index (χ4n) is 2.08. The topological polar surface area (TPSA) is 42.0 Å². The number of carbonyl (C=O) groups is 1. The van der Waals surface area contributed by atoms with Crippen molar-refractivity contribution in [2.24, 2.45) is 0 Å². The van der Waals surface area contributed by atoms with E-state index in [2.05, 4.69) is 10.3 Å². The summed E-state index contributed by atoms with van der Waals surface area (Å²) in [6.45, 7) is 3.99. The predicted molar refractivity (Wildman–Crippen MR) is 77.1 cm³/mol. The molecule has 0 aliphatic rings. The molecule has 3 heteroatoms. The number of carbonyl (C=O) groups excluding carboxylic acids is 1. The monoisotopic (exact) mass is 254 g/mol. The molecule has 0 radical (unpaired) electrons. The van der Waals surface area contributed by atoms with Gasteiger partial charge in [0.05, 0.1) is 5.92 Å². The van der Waals surface area contributed by atoms with E-state index in [1.54, 1.807) is 6.20 Å². The second-order valence-corrected chi connectivity index (χ2v) is 4.58. The molecule has 0 spiro atoms. The molecule has 19 heavy (non-hydrogen) atoms. The van der Waals surface area contributed by atoms with E-state index >= 15 is 0 Å². The molecule has 98 valence electrons. The molecule has 0 unspecified atom stereocenters. The van der Waals surface area contributed by atoms with Gasteiger partial charge in [-0.25, -0.2) is 4.98 Å². The van der Waals surface area contributed by atoms with Gasteiger partial charge in [0.25, 0.3) is 0 Å². The normalized spacial score (nSPS) is 11.9. The van der Waals surface area contributed by atoms with Crippen LogP contribution in [0.5, 0.6) is 0 Å². The lowest BCUT2D eigenvalue weighted by Gasteiger charge is -2.15. The minimum absolute atomic E-state index is 0.00759. The predicted octanol–water partition coefficient (Wildman–Crippen LogP) is 3.52. The molecule has 0 saturated heterocycles. The average Bonchev–Trinajstić information content (AvgIpc) is 2.41. The Labute approximate surface area is 113 Å². The lowest BCUT2D eigenvalue weighted by molar-refractivity contribution is -0.117. The van der Waals surface area contributed by atoms with E-state index in [1.807, 2.05) is 56.3 Å². The van der Waals surface area contributed by atoms with E-state index in [0.717, 1.165) is 17.5 Å². The van der Waals surface area contributed by atoms with Crippen LogP contribution in [0.4, 0.5) is 5.82 Å². The van der Waals surface area contributed by atoms with Gasteiger partial charge in [0.15, 0.2) is 0 Å². The molecule has 0 aliphatic heterocycles. The van der Waals surface area contributed by atoms with Crippen molar-refractivity contribution in [3.63, 3.8) is 0 Å². The Balaban J connectivity index is 2.14. The van der Waals surface area contributed by atoms with E-state index in [1.165, 1.54) is 0 Å². The van der Waals surface area contributed by atoms with Crippen molar-refractivity contribution in [2.75, 3.05) is 5.32 Å². The molecular formula is C16H18N2O. The maximum Gasteiger partial charge on any atom is 0.233 e. The summed E-state index contributed by atoms with van der Waals surface area (Å²) in [6, 6.07) is 13.6. The van der Waals surface area contributed by atoms with Crippen LogP contribution < -0.4 is 5.32 Å². The smallest absolute Gasteiger partial charge is 0.233 e. The van der Waals surface area contributed by atoms with E-state index < -0.39 is 0 Å². The molecule has 1 amide bonds. The second-order valence-electron chi connectivity index (χ2n) is 4.58. The number of benzene rings is 1. The first-order chi connectivity index (χ1) is 9.20. The Bertz CT molecular complexity index is 552. The summed E-state index contributed by atoms with van der Waals surface area (Å²) in [5, 5.41) is 2.88. The lowest BCUT2D eigenvalue weighted by atomic mass is 9.96. The van der Waals surface area contributed by atoms with Gasteiger partial charge in [-0.2, -0.15) is 0 Å². The van der Waals surface area contributed by atoms with Crippen LogP contribution in [0.25, 0.3) is 0 Å². The summed E-state index contributed by atoms with van der Waals surface area (Å²) in [5.41, 5.74) is 2.12. The summed E-state index contributed by atoms with van der Waals surface area (Å²) in [7, 11) is 0. The van der Waals surface area contributed by atoms with Gasteiger partial charge in [-0.1, -0.05) is 37.3 Å². The van der Waals surface area contributed by atoms with Crippen molar-refractivity contribution in [1.82, 2.24) is 4.98 Å². The maximum absolute atomic E-state index is 12.3. The fraction of sp³-hybridized carbons (Fsp3) is 0.250. The van der Waals surface area contributed by atoms with Crippen molar-refractivity contribution < 1.29 is 4.79 Å². The van der Waals surface area contributed by atoms with Gasteiger partial charge in [0, 0.05) is 6.20 Å². The molecule has 1 aromatic heterocycles. The third-order valence-electron chi connectivity index (χ3n) is 3.09. The summed E-state index contributed by atoms with van der Waals surface area (Å²) in [6.07, 6.45) is 2.47. The van der Waals surface area contributed by atoms with Crippen LogP contribution in [0.15, 0.2) is 48.7 Å². The van der Waals surface area contributed by atoms with E-state index in [-0.39, 0.29) is 11.8 Å². The van der Waals surface area contributed by atoms with Gasteiger partial charge in [-0.3, -0.25) is 4.79 Å². The molecular weight excluding hydrogens is 236 g/mol. The summed E-state index contributed by atoms with van der Waals surface area (Å²) >= 11 is 0. The zero-order valence-electron chi connectivity index (χ0n) is 11.3. The number of hydrogen-bond acceptors (Lipinski definition) is 2. The maximum atomic E-state index is 12.3. The highest BCUT2D eigenvalue weighted by molar-refractivity contribution is 5.95. The van der Waals surface area contributed by atoms with E-state index in [9.17, 15) is 4.79 Å². The van der Waals surface area contributed by atoms with Gasteiger partial charge in [0.2, 0.25) is 5.91 Å². The van der Waals surface area contributed by atoms with Crippen LogP contribution in [0.3, 0.4) is 0 Å². The molecule has 1 aromatic carbocycles. The molecule has 0 fully saturated rings. The first-order valence-corrected chi connectivity index (χ1v) is 6.49. The Morgan fingerprint density at radius 1 is 1.26 bits per heavy atom. The Morgan fingerprint density at radius 2 is 2.00 bits per heavy atom. The molecule has 0 saturated carbocycles. The van der Waals surface area contributed by atoms with Gasteiger partial charge >= 0.3 is 0 Å². The standard InChI is InChI=1S/C16H18N2O/c1-3-14(13-7-5-4-6-8-13)16(19)18-15-11-12(2)9-10-17-15/h4-11,14H,3H2,1-2H3,(H,17,18,19)/t14-/m0/s1. The van der Waals surface area contributed by atoms with Crippen molar-refractivity contribution in [2.45, 2.75) is 26.2 Å². The third-order valence-corrected chi connectivity index (χ3v) is 3.09. The number of anilines is 1. The Kier molecular flexibility index (Phi) is 4.29. The van der Waals surface area contributed by atoms with Crippen LogP contribution in [0.1, 0.15) is 30.4 Å². The third kappa shape index (κ3) is 3.41. The van der Waals surface area contributed by atoms with E-state index in [0.29, 0.717) is 5.82 Å². The van der Waals surface area contributed by atoms with Gasteiger partial charge in [0.1, 0.15) is 5.82 Å². The first kappa shape index (κ1) is 13.3. The van der Waals surface area contributed by atoms with Crippen LogP contribution >= 0.6 is 0 Å². The van der Waals surface area contributed by atoms with Crippen molar-refractivity contribution in [3.8, 4) is 0 Å². The number of pyridine rings is 1. The molecule has 1 atom stereocenters. The minimum Gasteiger partial charge on any atom is -0.310 e. The highest BCUT2D eigenvalue weighted by atomic mass is 16.1. The molecule has 0 aliphatic carbocycles. The number of nitrogens with one attached hydrogen (secondary N) is 1. The second kappa shape index (κ2) is 6.14. The molecule has 1 N–H and O–H groups in total. The molecule has 0 bridgehead atoms. The van der Waals surface area contributed by atoms with Crippen LogP contribution in [0, 0.1) is 6.92 Å². The molecule has 1 heterocycles. The average molecular weight is 254 g/mol. The van der Waals surface area contributed by atoms with Crippen LogP contribution in [0.2, 0.25) is 0 Å². The van der Waals surface area contributed by atoms with Crippen molar-refractivity contribution in [1.29, 1.82) is 0 Å². The first-order valence-electron chi connectivity index (χ1n) is 6.49. The zero-order chi connectivity index (χ0) is 13.7. The fourth-order valence-corrected chi connectivity index (χ4v) is 2.08. The lowest BCUT2D eigenvalue weighted by Crippen LogP contribution is -2.21. The van der Waals surface area contributed by atoms with Crippen LogP contribution in [-0.2, 0) is 4.79 Å². The van der Waals surface area contributed by atoms with E-state index in [4.69, 9.17) is 0 Å².